The van der Waals surface area contributed by atoms with Crippen LogP contribution in [-0.4, -0.2) is 48.9 Å². The van der Waals surface area contributed by atoms with E-state index in [9.17, 15) is 4.79 Å². The summed E-state index contributed by atoms with van der Waals surface area (Å²) in [5.74, 6) is 0.138. The van der Waals surface area contributed by atoms with Gasteiger partial charge in [-0.05, 0) is 68.1 Å². The first-order chi connectivity index (χ1) is 15.6. The number of hydrogen-bond donors (Lipinski definition) is 1. The number of anilines is 1. The molecule has 7 heteroatoms. The van der Waals surface area contributed by atoms with Crippen LogP contribution in [0.2, 0.25) is 5.02 Å². The normalized spacial score (nSPS) is 18.3. The maximum Gasteiger partial charge on any atom is 0.291 e. The van der Waals surface area contributed by atoms with Crippen molar-refractivity contribution < 1.29 is 9.21 Å². The summed E-state index contributed by atoms with van der Waals surface area (Å²) in [6, 6.07) is 11.7. The van der Waals surface area contributed by atoms with E-state index in [1.165, 1.54) is 40.7 Å². The number of fused-ring (bicyclic) bond motifs is 1. The van der Waals surface area contributed by atoms with Crippen molar-refractivity contribution in [1.82, 2.24) is 9.80 Å². The number of nitrogens with one attached hydrogen (secondary N) is 1. The van der Waals surface area contributed by atoms with E-state index in [1.54, 1.807) is 23.5 Å². The van der Waals surface area contributed by atoms with Crippen molar-refractivity contribution in [2.24, 2.45) is 0 Å². The van der Waals surface area contributed by atoms with Gasteiger partial charge in [-0.2, -0.15) is 0 Å². The molecule has 1 fully saturated rings. The second-order valence-corrected chi connectivity index (χ2v) is 10.2. The van der Waals surface area contributed by atoms with Crippen LogP contribution < -0.4 is 5.32 Å². The first-order valence-corrected chi connectivity index (χ1v) is 12.5. The van der Waals surface area contributed by atoms with Crippen LogP contribution >= 0.6 is 22.9 Å². The van der Waals surface area contributed by atoms with Crippen LogP contribution in [-0.2, 0) is 12.8 Å². The second-order valence-electron chi connectivity index (χ2n) is 8.68. The summed E-state index contributed by atoms with van der Waals surface area (Å²) >= 11 is 8.18. The van der Waals surface area contributed by atoms with Crippen molar-refractivity contribution in [3.8, 4) is 0 Å². The zero-order valence-corrected chi connectivity index (χ0v) is 19.8. The highest BCUT2D eigenvalue weighted by atomic mass is 35.5. The first-order valence-electron chi connectivity index (χ1n) is 11.3. The smallest absolute Gasteiger partial charge is 0.291 e. The molecule has 3 aromatic rings. The van der Waals surface area contributed by atoms with Gasteiger partial charge in [0.2, 0.25) is 0 Å². The summed E-state index contributed by atoms with van der Waals surface area (Å²) < 4.78 is 5.36. The van der Waals surface area contributed by atoms with Gasteiger partial charge in [0.25, 0.3) is 5.91 Å². The van der Waals surface area contributed by atoms with E-state index in [4.69, 9.17) is 16.0 Å². The van der Waals surface area contributed by atoms with E-state index >= 15 is 0 Å². The Labute approximate surface area is 198 Å². The van der Waals surface area contributed by atoms with Crippen molar-refractivity contribution >= 4 is 33.8 Å². The molecule has 0 bridgehead atoms. The molecular weight excluding hydrogens is 442 g/mol. The highest BCUT2D eigenvalue weighted by Crippen LogP contribution is 2.46. The number of halogens is 1. The number of likely N-dealkylation sites (N-methyl/N-ethyl adjacent to an activating group) is 1. The molecule has 0 unspecified atom stereocenters. The van der Waals surface area contributed by atoms with Gasteiger partial charge in [-0.15, -0.1) is 11.3 Å². The number of carbonyl (C=O) groups is 1. The molecule has 1 aromatic carbocycles. The molecule has 1 aliphatic carbocycles. The summed E-state index contributed by atoms with van der Waals surface area (Å²) in [4.78, 5) is 19.3. The van der Waals surface area contributed by atoms with Gasteiger partial charge in [-0.25, -0.2) is 0 Å². The van der Waals surface area contributed by atoms with Crippen molar-refractivity contribution in [3.05, 3.63) is 75.0 Å². The fourth-order valence-electron chi connectivity index (χ4n) is 4.86. The molecule has 32 heavy (non-hydrogen) atoms. The largest absolute Gasteiger partial charge is 0.459 e. The second kappa shape index (κ2) is 9.40. The molecule has 5 nitrogen and oxygen atoms in total. The van der Waals surface area contributed by atoms with Crippen LogP contribution in [0.5, 0.6) is 0 Å². The van der Waals surface area contributed by atoms with Gasteiger partial charge in [0.05, 0.1) is 12.3 Å². The van der Waals surface area contributed by atoms with E-state index in [2.05, 4.69) is 34.3 Å². The molecule has 1 aliphatic heterocycles. The fourth-order valence-corrected chi connectivity index (χ4v) is 6.38. The molecule has 5 rings (SSSR count). The quantitative estimate of drug-likeness (QED) is 0.538. The maximum absolute atomic E-state index is 12.9. The van der Waals surface area contributed by atoms with Crippen LogP contribution in [0, 0.1) is 0 Å². The summed E-state index contributed by atoms with van der Waals surface area (Å²) in [7, 11) is 2.17. The minimum absolute atomic E-state index is 0.0624. The summed E-state index contributed by atoms with van der Waals surface area (Å²) in [6.07, 6.45) is 6.06. The number of rotatable bonds is 5. The zero-order chi connectivity index (χ0) is 22.1. The molecule has 0 radical (unpaired) electrons. The predicted octanol–water partition coefficient (Wildman–Crippen LogP) is 5.46. The molecule has 2 aliphatic rings. The average molecular weight is 470 g/mol. The maximum atomic E-state index is 12.9. The van der Waals surface area contributed by atoms with Gasteiger partial charge >= 0.3 is 0 Å². The minimum Gasteiger partial charge on any atom is -0.459 e. The average Bonchev–Trinajstić information content (AvgIpc) is 3.44. The number of piperazine rings is 1. The molecule has 0 spiro atoms. The minimum atomic E-state index is -0.196. The number of benzene rings is 1. The van der Waals surface area contributed by atoms with Crippen molar-refractivity contribution in [1.29, 1.82) is 0 Å². The number of nitrogens with zero attached hydrogens (tertiary/aromatic N) is 2. The lowest BCUT2D eigenvalue weighted by Gasteiger charge is -2.39. The Bertz CT molecular complexity index is 1090. The number of aryl methyl sites for hydroxylation is 1. The van der Waals surface area contributed by atoms with Crippen LogP contribution in [0.4, 0.5) is 5.00 Å². The summed E-state index contributed by atoms with van der Waals surface area (Å²) in [5, 5.41) is 4.89. The Morgan fingerprint density at radius 3 is 2.69 bits per heavy atom. The molecule has 0 saturated carbocycles. The summed E-state index contributed by atoms with van der Waals surface area (Å²) in [6.45, 7) is 4.00. The van der Waals surface area contributed by atoms with E-state index in [0.29, 0.717) is 5.76 Å². The summed E-state index contributed by atoms with van der Waals surface area (Å²) in [5.41, 5.74) is 3.85. The van der Waals surface area contributed by atoms with Gasteiger partial charge < -0.3 is 14.6 Å². The van der Waals surface area contributed by atoms with Gasteiger partial charge in [0.15, 0.2) is 5.76 Å². The van der Waals surface area contributed by atoms with Crippen LogP contribution in [0.3, 0.4) is 0 Å². The van der Waals surface area contributed by atoms with Crippen molar-refractivity contribution in [2.45, 2.75) is 31.7 Å². The van der Waals surface area contributed by atoms with E-state index in [1.807, 2.05) is 12.1 Å². The number of carbonyl (C=O) groups excluding carboxylic acids is 1. The molecular formula is C25H28ClN3O2S. The van der Waals surface area contributed by atoms with Gasteiger partial charge in [0, 0.05) is 41.6 Å². The van der Waals surface area contributed by atoms with Crippen LogP contribution in [0.25, 0.3) is 0 Å². The van der Waals surface area contributed by atoms with E-state index in [0.717, 1.165) is 49.0 Å². The van der Waals surface area contributed by atoms with Crippen molar-refractivity contribution in [2.75, 3.05) is 38.5 Å². The van der Waals surface area contributed by atoms with E-state index in [-0.39, 0.29) is 11.9 Å². The first kappa shape index (κ1) is 21.7. The Kier molecular flexibility index (Phi) is 6.37. The number of thiophene rings is 1. The van der Waals surface area contributed by atoms with Gasteiger partial charge in [-0.3, -0.25) is 9.69 Å². The van der Waals surface area contributed by atoms with Gasteiger partial charge in [-0.1, -0.05) is 23.7 Å². The van der Waals surface area contributed by atoms with Crippen LogP contribution in [0.1, 0.15) is 51.0 Å². The lowest BCUT2D eigenvalue weighted by Crippen LogP contribution is -2.46. The molecule has 1 saturated heterocycles. The molecule has 168 valence electrons. The van der Waals surface area contributed by atoms with Crippen molar-refractivity contribution in [3.63, 3.8) is 0 Å². The lowest BCUT2D eigenvalue weighted by atomic mass is 9.88. The fraction of sp³-hybridized carbons (Fsp3) is 0.400. The molecule has 1 N–H and O–H groups in total. The highest BCUT2D eigenvalue weighted by Gasteiger charge is 2.33. The Morgan fingerprint density at radius 2 is 1.94 bits per heavy atom. The topological polar surface area (TPSA) is 48.7 Å². The molecule has 3 heterocycles. The molecule has 1 atom stereocenters. The molecule has 1 amide bonds. The third-order valence-electron chi connectivity index (χ3n) is 6.53. The number of hydrogen-bond acceptors (Lipinski definition) is 5. The number of amides is 1. The lowest BCUT2D eigenvalue weighted by molar-refractivity contribution is 0.0996. The third-order valence-corrected chi connectivity index (χ3v) is 7.98. The van der Waals surface area contributed by atoms with Crippen LogP contribution in [0.15, 0.2) is 47.1 Å². The number of furan rings is 1. The van der Waals surface area contributed by atoms with E-state index < -0.39 is 0 Å². The SMILES string of the molecule is CN1CCN([C@@H](c2cccc(Cl)c2)c2c(NC(=O)c3ccco3)sc3c2CCCC3)CC1. The monoisotopic (exact) mass is 469 g/mol. The predicted molar refractivity (Wildman–Crippen MR) is 130 cm³/mol. The Balaban J connectivity index is 1.61. The Morgan fingerprint density at radius 1 is 1.12 bits per heavy atom. The Hall–Kier alpha value is -2.12. The molecule has 2 aromatic heterocycles. The standard InChI is InChI=1S/C25H28ClN3O2S/c1-28-11-13-29(14-12-28)23(17-6-4-7-18(26)16-17)22-19-8-2-3-10-21(19)32-25(22)27-24(30)20-9-5-15-31-20/h4-7,9,15-16,23H,2-3,8,10-14H2,1H3,(H,27,30)/t23-/m0/s1. The highest BCUT2D eigenvalue weighted by molar-refractivity contribution is 7.16. The third kappa shape index (κ3) is 4.37. The van der Waals surface area contributed by atoms with Gasteiger partial charge in [0.1, 0.15) is 5.00 Å². The zero-order valence-electron chi connectivity index (χ0n) is 18.3.